The SMILES string of the molecule is Nc1cc(Cl)cc(S(=O)(=O)Nc2ccncc2Br)c1F. The molecule has 0 aliphatic rings. The zero-order valence-corrected chi connectivity index (χ0v) is 12.9. The topological polar surface area (TPSA) is 85.1 Å². The summed E-state index contributed by atoms with van der Waals surface area (Å²) in [5.74, 6) is -1.05. The summed E-state index contributed by atoms with van der Waals surface area (Å²) in [5.41, 5.74) is 5.25. The lowest BCUT2D eigenvalue weighted by Crippen LogP contribution is -2.16. The van der Waals surface area contributed by atoms with Gasteiger partial charge < -0.3 is 5.73 Å². The second kappa shape index (κ2) is 5.55. The molecule has 1 aromatic carbocycles. The molecular formula is C11H8BrClFN3O2S. The van der Waals surface area contributed by atoms with E-state index in [0.29, 0.717) is 4.47 Å². The maximum atomic E-state index is 13.9. The monoisotopic (exact) mass is 379 g/mol. The summed E-state index contributed by atoms with van der Waals surface area (Å²) >= 11 is 8.84. The van der Waals surface area contributed by atoms with Crippen LogP contribution in [-0.4, -0.2) is 13.4 Å². The normalized spacial score (nSPS) is 11.3. The number of benzene rings is 1. The first-order valence-electron chi connectivity index (χ1n) is 5.18. The number of hydrogen-bond donors (Lipinski definition) is 2. The minimum Gasteiger partial charge on any atom is -0.396 e. The van der Waals surface area contributed by atoms with Gasteiger partial charge in [-0.2, -0.15) is 0 Å². The Morgan fingerprint density at radius 3 is 2.75 bits per heavy atom. The molecule has 3 N–H and O–H groups in total. The van der Waals surface area contributed by atoms with Crippen LogP contribution >= 0.6 is 27.5 Å². The van der Waals surface area contributed by atoms with Gasteiger partial charge in [0.15, 0.2) is 5.82 Å². The highest BCUT2D eigenvalue weighted by Gasteiger charge is 2.22. The van der Waals surface area contributed by atoms with E-state index < -0.39 is 20.7 Å². The van der Waals surface area contributed by atoms with Gasteiger partial charge in [0.05, 0.1) is 15.8 Å². The number of halogens is 3. The van der Waals surface area contributed by atoms with Crippen molar-refractivity contribution in [1.82, 2.24) is 4.98 Å². The van der Waals surface area contributed by atoms with E-state index in [1.807, 2.05) is 0 Å². The molecule has 0 saturated carbocycles. The molecular weight excluding hydrogens is 373 g/mol. The van der Waals surface area contributed by atoms with Gasteiger partial charge in [0.1, 0.15) is 4.90 Å². The zero-order valence-electron chi connectivity index (χ0n) is 9.77. The summed E-state index contributed by atoms with van der Waals surface area (Å²) in [7, 11) is -4.16. The first kappa shape index (κ1) is 15.0. The molecule has 0 fully saturated rings. The van der Waals surface area contributed by atoms with Crippen molar-refractivity contribution < 1.29 is 12.8 Å². The minimum absolute atomic E-state index is 0.0260. The second-order valence-electron chi connectivity index (χ2n) is 3.77. The molecule has 20 heavy (non-hydrogen) atoms. The second-order valence-corrected chi connectivity index (χ2v) is 6.71. The van der Waals surface area contributed by atoms with E-state index >= 15 is 0 Å². The Balaban J connectivity index is 2.49. The van der Waals surface area contributed by atoms with Gasteiger partial charge in [-0.1, -0.05) is 11.6 Å². The molecule has 106 valence electrons. The Kier molecular flexibility index (Phi) is 4.17. The van der Waals surface area contributed by atoms with Gasteiger partial charge in [-0.15, -0.1) is 0 Å². The summed E-state index contributed by atoms with van der Waals surface area (Å²) in [5, 5.41) is 0.0260. The van der Waals surface area contributed by atoms with E-state index in [9.17, 15) is 12.8 Å². The number of rotatable bonds is 3. The number of aromatic nitrogens is 1. The molecule has 0 bridgehead atoms. The standard InChI is InChI=1S/C11H8BrClFN3O2S/c12-7-5-16-2-1-9(7)17-20(18,19)10-4-6(13)3-8(15)11(10)14/h1-5H,15H2,(H,16,17). The molecule has 1 heterocycles. The fraction of sp³-hybridized carbons (Fsp3) is 0. The van der Waals surface area contributed by atoms with Gasteiger partial charge in [0.2, 0.25) is 0 Å². The van der Waals surface area contributed by atoms with Gasteiger partial charge in [-0.3, -0.25) is 9.71 Å². The van der Waals surface area contributed by atoms with Crippen LogP contribution in [0.1, 0.15) is 0 Å². The minimum atomic E-state index is -4.16. The molecule has 2 rings (SSSR count). The van der Waals surface area contributed by atoms with Crippen LogP contribution < -0.4 is 10.5 Å². The van der Waals surface area contributed by atoms with E-state index in [1.165, 1.54) is 18.5 Å². The quantitative estimate of drug-likeness (QED) is 0.802. The van der Waals surface area contributed by atoms with Crippen LogP contribution in [0.4, 0.5) is 15.8 Å². The fourth-order valence-corrected chi connectivity index (χ4v) is 3.42. The maximum absolute atomic E-state index is 13.9. The van der Waals surface area contributed by atoms with Crippen molar-refractivity contribution in [3.8, 4) is 0 Å². The highest BCUT2D eigenvalue weighted by molar-refractivity contribution is 9.10. The van der Waals surface area contributed by atoms with Crippen LogP contribution in [0, 0.1) is 5.82 Å². The first-order chi connectivity index (χ1) is 9.31. The number of nitrogen functional groups attached to an aromatic ring is 1. The van der Waals surface area contributed by atoms with Gasteiger partial charge in [-0.05, 0) is 34.1 Å². The van der Waals surface area contributed by atoms with E-state index in [2.05, 4.69) is 25.6 Å². The van der Waals surface area contributed by atoms with E-state index in [0.717, 1.165) is 12.1 Å². The van der Waals surface area contributed by atoms with Crippen molar-refractivity contribution in [2.24, 2.45) is 0 Å². The molecule has 0 aliphatic carbocycles. The lowest BCUT2D eigenvalue weighted by molar-refractivity contribution is 0.573. The highest BCUT2D eigenvalue weighted by Crippen LogP contribution is 2.28. The van der Waals surface area contributed by atoms with E-state index in [-0.39, 0.29) is 16.4 Å². The number of nitrogens with two attached hydrogens (primary N) is 1. The number of nitrogens with zero attached hydrogens (tertiary/aromatic N) is 1. The van der Waals surface area contributed by atoms with Gasteiger partial charge >= 0.3 is 0 Å². The number of hydrogen-bond acceptors (Lipinski definition) is 4. The molecule has 9 heteroatoms. The molecule has 0 amide bonds. The van der Waals surface area contributed by atoms with Crippen LogP contribution in [-0.2, 0) is 10.0 Å². The van der Waals surface area contributed by atoms with E-state index in [4.69, 9.17) is 17.3 Å². The van der Waals surface area contributed by atoms with Crippen LogP contribution in [0.3, 0.4) is 0 Å². The molecule has 0 aliphatic heterocycles. The zero-order chi connectivity index (χ0) is 14.9. The molecule has 0 spiro atoms. The third-order valence-electron chi connectivity index (χ3n) is 2.34. The summed E-state index contributed by atoms with van der Waals surface area (Å²) in [6.45, 7) is 0. The molecule has 5 nitrogen and oxygen atoms in total. The predicted molar refractivity (Wildman–Crippen MR) is 78.6 cm³/mol. The number of nitrogens with one attached hydrogen (secondary N) is 1. The van der Waals surface area contributed by atoms with Crippen molar-refractivity contribution in [2.75, 3.05) is 10.5 Å². The molecule has 0 radical (unpaired) electrons. The summed E-state index contributed by atoms with van der Waals surface area (Å²) in [6.07, 6.45) is 2.80. The van der Waals surface area contributed by atoms with Crippen LogP contribution in [0.5, 0.6) is 0 Å². The Morgan fingerprint density at radius 2 is 2.10 bits per heavy atom. The van der Waals surface area contributed by atoms with E-state index in [1.54, 1.807) is 0 Å². The summed E-state index contributed by atoms with van der Waals surface area (Å²) in [4.78, 5) is 3.18. The number of sulfonamides is 1. The Morgan fingerprint density at radius 1 is 1.40 bits per heavy atom. The third kappa shape index (κ3) is 3.02. The maximum Gasteiger partial charge on any atom is 0.264 e. The van der Waals surface area contributed by atoms with Gasteiger partial charge in [0.25, 0.3) is 10.0 Å². The lowest BCUT2D eigenvalue weighted by atomic mass is 10.3. The Bertz CT molecular complexity index is 770. The van der Waals surface area contributed by atoms with Crippen LogP contribution in [0.15, 0.2) is 40.0 Å². The fourth-order valence-electron chi connectivity index (χ4n) is 1.44. The van der Waals surface area contributed by atoms with Gasteiger partial charge in [0, 0.05) is 17.4 Å². The molecule has 0 atom stereocenters. The summed E-state index contributed by atoms with van der Waals surface area (Å²) < 4.78 is 40.8. The summed E-state index contributed by atoms with van der Waals surface area (Å²) in [6, 6.07) is 3.55. The van der Waals surface area contributed by atoms with Crippen molar-refractivity contribution in [3.05, 3.63) is 45.9 Å². The molecule has 2 aromatic rings. The lowest BCUT2D eigenvalue weighted by Gasteiger charge is -2.11. The van der Waals surface area contributed by atoms with Crippen LogP contribution in [0.2, 0.25) is 5.02 Å². The average Bonchev–Trinajstić information content (AvgIpc) is 2.36. The smallest absolute Gasteiger partial charge is 0.264 e. The first-order valence-corrected chi connectivity index (χ1v) is 7.83. The Hall–Kier alpha value is -1.38. The largest absolute Gasteiger partial charge is 0.396 e. The van der Waals surface area contributed by atoms with Crippen LogP contribution in [0.25, 0.3) is 0 Å². The van der Waals surface area contributed by atoms with Crippen molar-refractivity contribution in [3.63, 3.8) is 0 Å². The third-order valence-corrected chi connectivity index (χ3v) is 4.55. The van der Waals surface area contributed by atoms with Gasteiger partial charge in [-0.25, -0.2) is 12.8 Å². The highest BCUT2D eigenvalue weighted by atomic mass is 79.9. The average molecular weight is 381 g/mol. The number of pyridine rings is 1. The van der Waals surface area contributed by atoms with Crippen molar-refractivity contribution in [1.29, 1.82) is 0 Å². The predicted octanol–water partition coefficient (Wildman–Crippen LogP) is 3.02. The van der Waals surface area contributed by atoms with Crippen molar-refractivity contribution >= 4 is 48.9 Å². The Labute approximate surface area is 128 Å². The molecule has 0 unspecified atom stereocenters. The molecule has 0 saturated heterocycles. The molecule has 1 aromatic heterocycles. The van der Waals surface area contributed by atoms with Crippen molar-refractivity contribution in [2.45, 2.75) is 4.90 Å². The number of anilines is 2.